The topological polar surface area (TPSA) is 83.1 Å². The minimum Gasteiger partial charge on any atom is -0.355 e. The van der Waals surface area contributed by atoms with E-state index in [2.05, 4.69) is 20.9 Å². The van der Waals surface area contributed by atoms with Crippen LogP contribution in [0.25, 0.3) is 0 Å². The lowest BCUT2D eigenvalue weighted by Crippen LogP contribution is -2.31. The Labute approximate surface area is 139 Å². The van der Waals surface area contributed by atoms with Crippen molar-refractivity contribution in [3.63, 3.8) is 0 Å². The fourth-order valence-corrected chi connectivity index (χ4v) is 2.78. The molecule has 6 nitrogen and oxygen atoms in total. The third-order valence-electron chi connectivity index (χ3n) is 3.26. The molecule has 1 atom stereocenters. The molecule has 3 N–H and O–H groups in total. The maximum Gasteiger partial charge on any atom is 0.319 e. The number of thiazole rings is 1. The second kappa shape index (κ2) is 7.73. The third-order valence-corrected chi connectivity index (χ3v) is 4.41. The predicted molar refractivity (Wildman–Crippen MR) is 92.1 cm³/mol. The van der Waals surface area contributed by atoms with Crippen molar-refractivity contribution in [2.75, 3.05) is 18.9 Å². The zero-order chi connectivity index (χ0) is 16.8. The number of nitrogens with zero attached hydrogens (tertiary/aromatic N) is 1. The highest BCUT2D eigenvalue weighted by atomic mass is 32.1. The van der Waals surface area contributed by atoms with Crippen LogP contribution in [0, 0.1) is 6.92 Å². The van der Waals surface area contributed by atoms with E-state index in [1.807, 2.05) is 20.0 Å². The quantitative estimate of drug-likeness (QED) is 0.787. The summed E-state index contributed by atoms with van der Waals surface area (Å²) in [5, 5.41) is 9.12. The van der Waals surface area contributed by atoms with Crippen molar-refractivity contribution >= 4 is 29.0 Å². The SMILES string of the molecule is CNC(=O)c1ccc(NC(=O)NCC(C)c2ncc(C)s2)cc1. The largest absolute Gasteiger partial charge is 0.355 e. The molecule has 1 unspecified atom stereocenters. The zero-order valence-electron chi connectivity index (χ0n) is 13.3. The number of anilines is 1. The van der Waals surface area contributed by atoms with Crippen LogP contribution in [0.15, 0.2) is 30.5 Å². The Balaban J connectivity index is 1.83. The summed E-state index contributed by atoms with van der Waals surface area (Å²) in [6, 6.07) is 6.43. The second-order valence-electron chi connectivity index (χ2n) is 5.20. The Morgan fingerprint density at radius 2 is 1.96 bits per heavy atom. The number of amides is 3. The lowest BCUT2D eigenvalue weighted by atomic mass is 10.2. The highest BCUT2D eigenvalue weighted by Crippen LogP contribution is 2.20. The molecule has 0 aliphatic heterocycles. The van der Waals surface area contributed by atoms with Gasteiger partial charge in [-0.15, -0.1) is 11.3 Å². The van der Waals surface area contributed by atoms with Gasteiger partial charge in [-0.3, -0.25) is 4.79 Å². The summed E-state index contributed by atoms with van der Waals surface area (Å²) in [6.45, 7) is 4.54. The Hall–Kier alpha value is -2.41. The molecule has 0 aliphatic rings. The molecule has 0 saturated carbocycles. The molecule has 7 heteroatoms. The minimum atomic E-state index is -0.280. The smallest absolute Gasteiger partial charge is 0.319 e. The van der Waals surface area contributed by atoms with Gasteiger partial charge in [0.25, 0.3) is 5.91 Å². The van der Waals surface area contributed by atoms with Crippen LogP contribution in [-0.2, 0) is 0 Å². The normalized spacial score (nSPS) is 11.6. The van der Waals surface area contributed by atoms with Crippen molar-refractivity contribution in [2.45, 2.75) is 19.8 Å². The molecular weight excluding hydrogens is 312 g/mol. The molecular formula is C16H20N4O2S. The number of hydrogen-bond donors (Lipinski definition) is 3. The zero-order valence-corrected chi connectivity index (χ0v) is 14.2. The highest BCUT2D eigenvalue weighted by molar-refractivity contribution is 7.11. The van der Waals surface area contributed by atoms with Gasteiger partial charge in [0.1, 0.15) is 0 Å². The van der Waals surface area contributed by atoms with E-state index in [0.29, 0.717) is 17.8 Å². The van der Waals surface area contributed by atoms with Gasteiger partial charge in [0, 0.05) is 41.8 Å². The number of aromatic nitrogens is 1. The van der Waals surface area contributed by atoms with E-state index in [0.717, 1.165) is 9.88 Å². The van der Waals surface area contributed by atoms with Crippen LogP contribution in [0.2, 0.25) is 0 Å². The standard InChI is InChI=1S/C16H20N4O2S/c1-10(15-18-9-11(2)23-15)8-19-16(22)20-13-6-4-12(5-7-13)14(21)17-3/h4-7,9-10H,8H2,1-3H3,(H,17,21)(H2,19,20,22). The number of aryl methyl sites for hydroxylation is 1. The summed E-state index contributed by atoms with van der Waals surface area (Å²) < 4.78 is 0. The van der Waals surface area contributed by atoms with Crippen molar-refractivity contribution in [2.24, 2.45) is 0 Å². The van der Waals surface area contributed by atoms with Crippen LogP contribution >= 0.6 is 11.3 Å². The van der Waals surface area contributed by atoms with Crippen molar-refractivity contribution in [3.8, 4) is 0 Å². The molecule has 0 spiro atoms. The molecule has 23 heavy (non-hydrogen) atoms. The Bertz CT molecular complexity index is 682. The van der Waals surface area contributed by atoms with Crippen molar-refractivity contribution < 1.29 is 9.59 Å². The Kier molecular flexibility index (Phi) is 5.70. The van der Waals surface area contributed by atoms with Crippen LogP contribution in [-0.4, -0.2) is 30.5 Å². The number of carbonyl (C=O) groups excluding carboxylic acids is 2. The Morgan fingerprint density at radius 3 is 2.52 bits per heavy atom. The van der Waals surface area contributed by atoms with Gasteiger partial charge in [0.2, 0.25) is 0 Å². The summed E-state index contributed by atoms with van der Waals surface area (Å²) in [7, 11) is 1.58. The van der Waals surface area contributed by atoms with E-state index in [1.54, 1.807) is 42.6 Å². The number of hydrogen-bond acceptors (Lipinski definition) is 4. The Morgan fingerprint density at radius 1 is 1.26 bits per heavy atom. The molecule has 2 aromatic rings. The molecule has 0 radical (unpaired) electrons. The number of rotatable bonds is 5. The monoisotopic (exact) mass is 332 g/mol. The van der Waals surface area contributed by atoms with Gasteiger partial charge in [0.15, 0.2) is 0 Å². The molecule has 0 fully saturated rings. The predicted octanol–water partition coefficient (Wildman–Crippen LogP) is 2.74. The molecule has 1 heterocycles. The molecule has 1 aromatic heterocycles. The van der Waals surface area contributed by atoms with Gasteiger partial charge in [-0.25, -0.2) is 9.78 Å². The van der Waals surface area contributed by atoms with Crippen LogP contribution in [0.3, 0.4) is 0 Å². The van der Waals surface area contributed by atoms with Gasteiger partial charge in [0.05, 0.1) is 5.01 Å². The van der Waals surface area contributed by atoms with Crippen molar-refractivity contribution in [3.05, 3.63) is 45.9 Å². The summed E-state index contributed by atoms with van der Waals surface area (Å²) in [6.07, 6.45) is 1.84. The number of benzene rings is 1. The summed E-state index contributed by atoms with van der Waals surface area (Å²) in [5.41, 5.74) is 1.18. The lowest BCUT2D eigenvalue weighted by molar-refractivity contribution is 0.0963. The summed E-state index contributed by atoms with van der Waals surface area (Å²) in [4.78, 5) is 28.8. The van der Waals surface area contributed by atoms with Gasteiger partial charge in [-0.05, 0) is 31.2 Å². The molecule has 3 amide bonds. The van der Waals surface area contributed by atoms with Crippen LogP contribution in [0.4, 0.5) is 10.5 Å². The van der Waals surface area contributed by atoms with Crippen LogP contribution < -0.4 is 16.0 Å². The average Bonchev–Trinajstić information content (AvgIpc) is 2.99. The second-order valence-corrected chi connectivity index (χ2v) is 6.47. The third kappa shape index (κ3) is 4.79. The fraction of sp³-hybridized carbons (Fsp3) is 0.312. The van der Waals surface area contributed by atoms with Crippen molar-refractivity contribution in [1.29, 1.82) is 0 Å². The molecule has 2 rings (SSSR count). The first-order valence-corrected chi connectivity index (χ1v) is 8.10. The van der Waals surface area contributed by atoms with E-state index in [-0.39, 0.29) is 17.9 Å². The van der Waals surface area contributed by atoms with Crippen LogP contribution in [0.5, 0.6) is 0 Å². The minimum absolute atomic E-state index is 0.159. The molecule has 122 valence electrons. The van der Waals surface area contributed by atoms with Gasteiger partial charge in [-0.2, -0.15) is 0 Å². The summed E-state index contributed by atoms with van der Waals surface area (Å²) in [5.74, 6) is 0.00337. The summed E-state index contributed by atoms with van der Waals surface area (Å²) >= 11 is 1.64. The highest BCUT2D eigenvalue weighted by Gasteiger charge is 2.11. The maximum atomic E-state index is 11.9. The van der Waals surface area contributed by atoms with E-state index >= 15 is 0 Å². The first-order chi connectivity index (χ1) is 11.0. The van der Waals surface area contributed by atoms with E-state index in [4.69, 9.17) is 0 Å². The first-order valence-electron chi connectivity index (χ1n) is 7.29. The van der Waals surface area contributed by atoms with Crippen molar-refractivity contribution in [1.82, 2.24) is 15.6 Å². The van der Waals surface area contributed by atoms with Crippen LogP contribution in [0.1, 0.15) is 33.1 Å². The average molecular weight is 332 g/mol. The van der Waals surface area contributed by atoms with E-state index in [9.17, 15) is 9.59 Å². The van der Waals surface area contributed by atoms with E-state index < -0.39 is 0 Å². The molecule has 0 aliphatic carbocycles. The number of urea groups is 1. The van der Waals surface area contributed by atoms with E-state index in [1.165, 1.54) is 0 Å². The first kappa shape index (κ1) is 17.0. The molecule has 0 saturated heterocycles. The number of carbonyl (C=O) groups is 2. The lowest BCUT2D eigenvalue weighted by Gasteiger charge is -2.11. The van der Waals surface area contributed by atoms with Gasteiger partial charge in [-0.1, -0.05) is 6.92 Å². The fourth-order valence-electron chi connectivity index (χ4n) is 1.96. The molecule has 1 aromatic carbocycles. The molecule has 0 bridgehead atoms. The van der Waals surface area contributed by atoms with Gasteiger partial charge < -0.3 is 16.0 Å². The van der Waals surface area contributed by atoms with Gasteiger partial charge >= 0.3 is 6.03 Å². The number of nitrogens with one attached hydrogen (secondary N) is 3. The maximum absolute atomic E-state index is 11.9.